The predicted octanol–water partition coefficient (Wildman–Crippen LogP) is 1.89. The molecule has 0 saturated heterocycles. The highest BCUT2D eigenvalue weighted by Crippen LogP contribution is 2.14. The lowest BCUT2D eigenvalue weighted by molar-refractivity contribution is -0.148. The van der Waals surface area contributed by atoms with E-state index in [0.29, 0.717) is 6.42 Å². The molecule has 0 fully saturated rings. The number of amides is 1. The first-order valence-corrected chi connectivity index (χ1v) is 7.32. The van der Waals surface area contributed by atoms with E-state index in [2.05, 4.69) is 0 Å². The van der Waals surface area contributed by atoms with Crippen LogP contribution in [-0.4, -0.2) is 46.5 Å². The van der Waals surface area contributed by atoms with E-state index >= 15 is 0 Å². The van der Waals surface area contributed by atoms with E-state index in [1.165, 1.54) is 16.7 Å². The molecule has 0 aliphatic heterocycles. The molecule has 0 aliphatic rings. The average molecular weight is 281 g/mol. The van der Waals surface area contributed by atoms with Gasteiger partial charge in [-0.15, -0.1) is 0 Å². The molecule has 2 atom stereocenters. The third-order valence-corrected chi connectivity index (χ3v) is 3.98. The largest absolute Gasteiger partial charge is 0.480 e. The molecule has 19 heavy (non-hydrogen) atoms. The summed E-state index contributed by atoms with van der Waals surface area (Å²) in [4.78, 5) is 24.7. The third kappa shape index (κ3) is 4.28. The Bertz CT molecular complexity index is 436. The van der Waals surface area contributed by atoms with E-state index in [1.54, 1.807) is 14.0 Å². The van der Waals surface area contributed by atoms with Crippen molar-refractivity contribution in [2.45, 2.75) is 24.6 Å². The van der Waals surface area contributed by atoms with Gasteiger partial charge in [0.2, 0.25) is 5.91 Å². The van der Waals surface area contributed by atoms with E-state index < -0.39 is 12.0 Å². The number of aliphatic carboxylic acids is 1. The summed E-state index contributed by atoms with van der Waals surface area (Å²) in [6.45, 7) is 1.78. The summed E-state index contributed by atoms with van der Waals surface area (Å²) in [5.41, 5.74) is 0.909. The van der Waals surface area contributed by atoms with Gasteiger partial charge in [-0.05, 0) is 18.7 Å². The van der Waals surface area contributed by atoms with Crippen LogP contribution in [0.3, 0.4) is 0 Å². The molecular formula is C14H19NO3S. The highest BCUT2D eigenvalue weighted by atomic mass is 32.2. The summed E-state index contributed by atoms with van der Waals surface area (Å²) in [7, 11) is 1.55. The summed E-state index contributed by atoms with van der Waals surface area (Å²) in [6.07, 6.45) is 2.16. The number of carbonyl (C=O) groups excluding carboxylic acids is 1. The topological polar surface area (TPSA) is 57.6 Å². The third-order valence-electron chi connectivity index (χ3n) is 3.07. The van der Waals surface area contributed by atoms with Gasteiger partial charge in [-0.2, -0.15) is 11.8 Å². The van der Waals surface area contributed by atoms with Crippen LogP contribution in [0.2, 0.25) is 0 Å². The molecule has 2 unspecified atom stereocenters. The fraction of sp³-hybridized carbons (Fsp3) is 0.429. The number of carbonyl (C=O) groups is 2. The van der Waals surface area contributed by atoms with Crippen molar-refractivity contribution in [3.63, 3.8) is 0 Å². The van der Waals surface area contributed by atoms with Gasteiger partial charge in [0, 0.05) is 13.5 Å². The Balaban J connectivity index is 2.83. The number of rotatable bonds is 6. The minimum Gasteiger partial charge on any atom is -0.480 e. The number of hydrogen-bond acceptors (Lipinski definition) is 3. The second-order valence-electron chi connectivity index (χ2n) is 4.37. The van der Waals surface area contributed by atoms with Crippen molar-refractivity contribution in [1.82, 2.24) is 4.90 Å². The van der Waals surface area contributed by atoms with Crippen molar-refractivity contribution < 1.29 is 14.7 Å². The zero-order valence-electron chi connectivity index (χ0n) is 11.4. The number of carboxylic acids is 1. The van der Waals surface area contributed by atoms with Crippen LogP contribution in [0.25, 0.3) is 0 Å². The molecule has 0 aliphatic carbocycles. The summed E-state index contributed by atoms with van der Waals surface area (Å²) >= 11 is 1.41. The van der Waals surface area contributed by atoms with E-state index in [1.807, 2.05) is 36.6 Å². The predicted molar refractivity (Wildman–Crippen MR) is 77.3 cm³/mol. The van der Waals surface area contributed by atoms with Crippen molar-refractivity contribution in [1.29, 1.82) is 0 Å². The molecule has 1 aromatic rings. The Hall–Kier alpha value is -1.49. The van der Waals surface area contributed by atoms with E-state index in [-0.39, 0.29) is 11.2 Å². The smallest absolute Gasteiger partial charge is 0.326 e. The normalized spacial score (nSPS) is 13.6. The second kappa shape index (κ2) is 7.19. The van der Waals surface area contributed by atoms with Crippen LogP contribution >= 0.6 is 11.8 Å². The number of nitrogens with zero attached hydrogens (tertiary/aromatic N) is 1. The van der Waals surface area contributed by atoms with Gasteiger partial charge >= 0.3 is 5.97 Å². The lowest BCUT2D eigenvalue weighted by Crippen LogP contribution is -2.46. The highest BCUT2D eigenvalue weighted by Gasteiger charge is 2.29. The molecule has 5 heteroatoms. The maximum Gasteiger partial charge on any atom is 0.326 e. The van der Waals surface area contributed by atoms with Crippen molar-refractivity contribution in [2.24, 2.45) is 0 Å². The fourth-order valence-corrected chi connectivity index (χ4v) is 2.14. The van der Waals surface area contributed by atoms with E-state index in [4.69, 9.17) is 0 Å². The zero-order chi connectivity index (χ0) is 14.4. The van der Waals surface area contributed by atoms with Crippen LogP contribution in [0.1, 0.15) is 12.5 Å². The minimum absolute atomic E-state index is 0.157. The standard InChI is InChI=1S/C14H19NO3S/c1-10(19-3)13(16)15(2)12(14(17)18)9-11-7-5-4-6-8-11/h4-8,10,12H,9H2,1-3H3,(H,17,18). The molecule has 0 saturated carbocycles. The quantitative estimate of drug-likeness (QED) is 0.865. The van der Waals surface area contributed by atoms with Crippen molar-refractivity contribution in [3.8, 4) is 0 Å². The molecule has 1 amide bonds. The molecule has 4 nitrogen and oxygen atoms in total. The second-order valence-corrected chi connectivity index (χ2v) is 5.55. The van der Waals surface area contributed by atoms with Crippen molar-refractivity contribution >= 4 is 23.6 Å². The number of carboxylic acid groups (broad SMARTS) is 1. The van der Waals surface area contributed by atoms with Crippen LogP contribution < -0.4 is 0 Å². The van der Waals surface area contributed by atoms with Crippen LogP contribution in [0.5, 0.6) is 0 Å². The SMILES string of the molecule is CSC(C)C(=O)N(C)C(Cc1ccccc1)C(=O)O. The Morgan fingerprint density at radius 2 is 1.89 bits per heavy atom. The Kier molecular flexibility index (Phi) is 5.89. The van der Waals surface area contributed by atoms with Gasteiger partial charge in [0.25, 0.3) is 0 Å². The summed E-state index contributed by atoms with van der Waals surface area (Å²) in [6, 6.07) is 8.51. The van der Waals surface area contributed by atoms with Crippen LogP contribution in [0.4, 0.5) is 0 Å². The van der Waals surface area contributed by atoms with E-state index in [9.17, 15) is 14.7 Å². The van der Waals surface area contributed by atoms with Gasteiger partial charge in [0.1, 0.15) is 6.04 Å². The maximum absolute atomic E-state index is 12.1. The van der Waals surface area contributed by atoms with E-state index in [0.717, 1.165) is 5.56 Å². The summed E-state index contributed by atoms with van der Waals surface area (Å²) < 4.78 is 0. The minimum atomic E-state index is -0.979. The zero-order valence-corrected chi connectivity index (χ0v) is 12.2. The first-order chi connectivity index (χ1) is 8.97. The Morgan fingerprint density at radius 1 is 1.32 bits per heavy atom. The van der Waals surface area contributed by atoms with Crippen LogP contribution in [0.15, 0.2) is 30.3 Å². The molecule has 0 radical (unpaired) electrons. The fourth-order valence-electron chi connectivity index (χ4n) is 1.77. The number of likely N-dealkylation sites (N-methyl/N-ethyl adjacent to an activating group) is 1. The summed E-state index contributed by atoms with van der Waals surface area (Å²) in [5, 5.41) is 9.07. The first kappa shape index (κ1) is 15.6. The lowest BCUT2D eigenvalue weighted by Gasteiger charge is -2.27. The Morgan fingerprint density at radius 3 is 2.37 bits per heavy atom. The maximum atomic E-state index is 12.1. The highest BCUT2D eigenvalue weighted by molar-refractivity contribution is 7.99. The molecule has 1 rings (SSSR count). The summed E-state index contributed by atoms with van der Waals surface area (Å²) in [5.74, 6) is -1.14. The van der Waals surface area contributed by atoms with Gasteiger partial charge in [0.05, 0.1) is 5.25 Å². The molecule has 0 bridgehead atoms. The first-order valence-electron chi connectivity index (χ1n) is 6.03. The van der Waals surface area contributed by atoms with Crippen LogP contribution in [0, 0.1) is 0 Å². The lowest BCUT2D eigenvalue weighted by atomic mass is 10.0. The number of hydrogen-bond donors (Lipinski definition) is 1. The molecule has 0 spiro atoms. The average Bonchev–Trinajstić information content (AvgIpc) is 2.43. The number of thioether (sulfide) groups is 1. The van der Waals surface area contributed by atoms with Crippen molar-refractivity contribution in [2.75, 3.05) is 13.3 Å². The van der Waals surface area contributed by atoms with Gasteiger partial charge in [-0.1, -0.05) is 30.3 Å². The number of benzene rings is 1. The van der Waals surface area contributed by atoms with Crippen LogP contribution in [-0.2, 0) is 16.0 Å². The van der Waals surface area contributed by atoms with Gasteiger partial charge in [-0.3, -0.25) is 4.79 Å². The van der Waals surface area contributed by atoms with Gasteiger partial charge in [-0.25, -0.2) is 4.79 Å². The molecule has 104 valence electrons. The molecular weight excluding hydrogens is 262 g/mol. The van der Waals surface area contributed by atoms with Gasteiger partial charge in [0.15, 0.2) is 0 Å². The van der Waals surface area contributed by atoms with Crippen molar-refractivity contribution in [3.05, 3.63) is 35.9 Å². The molecule has 1 aromatic carbocycles. The molecule has 0 heterocycles. The monoisotopic (exact) mass is 281 g/mol. The van der Waals surface area contributed by atoms with Gasteiger partial charge < -0.3 is 10.0 Å². The molecule has 0 aromatic heterocycles. The molecule has 1 N–H and O–H groups in total. The Labute approximate surface area is 117 Å².